The standard InChI is InChI=1S/C12H7ClN2O2S/c13-7-1-2-9-10(3-7)15(12(17)11(9)16)5-8-4-14-6-18-8/h1-4,6H,5H2. The minimum absolute atomic E-state index is 0.350. The lowest BCUT2D eigenvalue weighted by Gasteiger charge is -2.15. The van der Waals surface area contributed by atoms with E-state index < -0.39 is 11.7 Å². The predicted molar refractivity (Wildman–Crippen MR) is 69.1 cm³/mol. The summed E-state index contributed by atoms with van der Waals surface area (Å²) < 4.78 is 0. The average Bonchev–Trinajstić information content (AvgIpc) is 2.93. The van der Waals surface area contributed by atoms with E-state index in [1.54, 1.807) is 29.9 Å². The van der Waals surface area contributed by atoms with Crippen LogP contribution in [-0.2, 0) is 11.3 Å². The Labute approximate surface area is 112 Å². The number of amides is 1. The molecule has 0 spiro atoms. The first-order valence-corrected chi connectivity index (χ1v) is 6.45. The van der Waals surface area contributed by atoms with Gasteiger partial charge >= 0.3 is 0 Å². The number of fused-ring (bicyclic) bond motifs is 1. The number of rotatable bonds is 2. The van der Waals surface area contributed by atoms with Gasteiger partial charge in [-0.05, 0) is 18.2 Å². The molecule has 1 aromatic carbocycles. The van der Waals surface area contributed by atoms with Gasteiger partial charge in [-0.2, -0.15) is 0 Å². The molecule has 0 saturated heterocycles. The van der Waals surface area contributed by atoms with Gasteiger partial charge in [0, 0.05) is 16.1 Å². The summed E-state index contributed by atoms with van der Waals surface area (Å²) in [6.07, 6.45) is 1.69. The third kappa shape index (κ3) is 1.72. The van der Waals surface area contributed by atoms with Gasteiger partial charge in [-0.1, -0.05) is 11.6 Å². The minimum Gasteiger partial charge on any atom is -0.299 e. The lowest BCUT2D eigenvalue weighted by Crippen LogP contribution is -2.28. The van der Waals surface area contributed by atoms with Gasteiger partial charge in [0.1, 0.15) is 0 Å². The lowest BCUT2D eigenvalue weighted by molar-refractivity contribution is -0.114. The van der Waals surface area contributed by atoms with Crippen molar-refractivity contribution >= 4 is 40.3 Å². The Bertz CT molecular complexity index is 640. The van der Waals surface area contributed by atoms with Crippen LogP contribution in [0.3, 0.4) is 0 Å². The molecule has 1 aliphatic heterocycles. The van der Waals surface area contributed by atoms with Crippen LogP contribution in [0, 0.1) is 0 Å². The van der Waals surface area contributed by atoms with Gasteiger partial charge in [-0.15, -0.1) is 11.3 Å². The summed E-state index contributed by atoms with van der Waals surface area (Å²) in [4.78, 5) is 30.0. The molecule has 4 nitrogen and oxygen atoms in total. The Balaban J connectivity index is 2.03. The van der Waals surface area contributed by atoms with Crippen molar-refractivity contribution in [1.29, 1.82) is 0 Å². The number of ketones is 1. The molecule has 2 heterocycles. The summed E-state index contributed by atoms with van der Waals surface area (Å²) in [5.41, 5.74) is 2.68. The maximum atomic E-state index is 11.9. The summed E-state index contributed by atoms with van der Waals surface area (Å²) in [6, 6.07) is 4.84. The highest BCUT2D eigenvalue weighted by atomic mass is 35.5. The van der Waals surface area contributed by atoms with Crippen LogP contribution in [0.15, 0.2) is 29.9 Å². The first-order valence-electron chi connectivity index (χ1n) is 5.20. The van der Waals surface area contributed by atoms with Crippen LogP contribution in [-0.4, -0.2) is 16.7 Å². The molecule has 90 valence electrons. The highest BCUT2D eigenvalue weighted by Crippen LogP contribution is 2.32. The van der Waals surface area contributed by atoms with E-state index in [9.17, 15) is 9.59 Å². The molecule has 0 fully saturated rings. The van der Waals surface area contributed by atoms with Crippen molar-refractivity contribution < 1.29 is 9.59 Å². The second-order valence-electron chi connectivity index (χ2n) is 3.85. The Morgan fingerprint density at radius 3 is 2.89 bits per heavy atom. The molecule has 1 aliphatic rings. The molecule has 6 heteroatoms. The fourth-order valence-electron chi connectivity index (χ4n) is 1.90. The number of carbonyl (C=O) groups excluding carboxylic acids is 2. The van der Waals surface area contributed by atoms with Gasteiger partial charge in [-0.3, -0.25) is 19.5 Å². The smallest absolute Gasteiger partial charge is 0.299 e. The number of aromatic nitrogens is 1. The molecule has 0 aliphatic carbocycles. The van der Waals surface area contributed by atoms with E-state index in [0.717, 1.165) is 4.88 Å². The molecule has 1 aromatic heterocycles. The molecular formula is C12H7ClN2O2S. The van der Waals surface area contributed by atoms with Gasteiger partial charge in [0.25, 0.3) is 11.7 Å². The van der Waals surface area contributed by atoms with Crippen LogP contribution < -0.4 is 4.90 Å². The van der Waals surface area contributed by atoms with Gasteiger partial charge in [-0.25, -0.2) is 0 Å². The van der Waals surface area contributed by atoms with Gasteiger partial charge in [0.05, 0.1) is 23.3 Å². The number of thiazole rings is 1. The average molecular weight is 279 g/mol. The zero-order valence-corrected chi connectivity index (χ0v) is 10.7. The number of benzene rings is 1. The van der Waals surface area contributed by atoms with Crippen LogP contribution in [0.2, 0.25) is 5.02 Å². The van der Waals surface area contributed by atoms with Crippen molar-refractivity contribution in [3.8, 4) is 0 Å². The van der Waals surface area contributed by atoms with Gasteiger partial charge in [0.15, 0.2) is 0 Å². The third-order valence-corrected chi connectivity index (χ3v) is 3.73. The number of halogens is 1. The van der Waals surface area contributed by atoms with Crippen molar-refractivity contribution in [2.45, 2.75) is 6.54 Å². The van der Waals surface area contributed by atoms with E-state index in [0.29, 0.717) is 22.8 Å². The number of hydrogen-bond donors (Lipinski definition) is 0. The van der Waals surface area contributed by atoms with Crippen molar-refractivity contribution in [1.82, 2.24) is 4.98 Å². The topological polar surface area (TPSA) is 50.3 Å². The molecule has 0 saturated carbocycles. The zero-order valence-electron chi connectivity index (χ0n) is 9.09. The molecule has 1 amide bonds. The van der Waals surface area contributed by atoms with Crippen molar-refractivity contribution in [2.24, 2.45) is 0 Å². The molecule has 0 N–H and O–H groups in total. The van der Waals surface area contributed by atoms with E-state index in [1.165, 1.54) is 16.2 Å². The van der Waals surface area contributed by atoms with Crippen LogP contribution >= 0.6 is 22.9 Å². The van der Waals surface area contributed by atoms with E-state index in [-0.39, 0.29) is 0 Å². The first-order chi connectivity index (χ1) is 8.66. The fourth-order valence-corrected chi connectivity index (χ4v) is 2.65. The SMILES string of the molecule is O=C1C(=O)N(Cc2cncs2)c2cc(Cl)ccc21. The molecule has 3 rings (SSSR count). The van der Waals surface area contributed by atoms with Crippen molar-refractivity contribution in [3.63, 3.8) is 0 Å². The molecule has 0 radical (unpaired) electrons. The Morgan fingerprint density at radius 2 is 2.17 bits per heavy atom. The number of anilines is 1. The van der Waals surface area contributed by atoms with E-state index in [4.69, 9.17) is 11.6 Å². The monoisotopic (exact) mass is 278 g/mol. The second kappa shape index (κ2) is 4.19. The largest absolute Gasteiger partial charge is 0.299 e. The Hall–Kier alpha value is -1.72. The second-order valence-corrected chi connectivity index (χ2v) is 5.26. The molecule has 0 unspecified atom stereocenters. The quantitative estimate of drug-likeness (QED) is 0.793. The van der Waals surface area contributed by atoms with E-state index in [2.05, 4.69) is 4.98 Å². The number of carbonyl (C=O) groups is 2. The predicted octanol–water partition coefficient (Wildman–Crippen LogP) is 2.53. The molecule has 0 atom stereocenters. The highest BCUT2D eigenvalue weighted by molar-refractivity contribution is 7.09. The molecule has 18 heavy (non-hydrogen) atoms. The number of nitrogens with zero attached hydrogens (tertiary/aromatic N) is 2. The third-order valence-electron chi connectivity index (χ3n) is 2.73. The van der Waals surface area contributed by atoms with Gasteiger partial charge < -0.3 is 0 Å². The Kier molecular flexibility index (Phi) is 2.65. The maximum Gasteiger partial charge on any atom is 0.299 e. The van der Waals surface area contributed by atoms with Crippen LogP contribution in [0.4, 0.5) is 5.69 Å². The summed E-state index contributed by atoms with van der Waals surface area (Å²) >= 11 is 7.35. The summed E-state index contributed by atoms with van der Waals surface area (Å²) in [5, 5.41) is 0.505. The molecule has 2 aromatic rings. The summed E-state index contributed by atoms with van der Waals surface area (Å²) in [7, 11) is 0. The van der Waals surface area contributed by atoms with Crippen LogP contribution in [0.1, 0.15) is 15.2 Å². The van der Waals surface area contributed by atoms with Crippen molar-refractivity contribution in [2.75, 3.05) is 4.90 Å². The number of hydrogen-bond acceptors (Lipinski definition) is 4. The fraction of sp³-hybridized carbons (Fsp3) is 0.0833. The van der Waals surface area contributed by atoms with Gasteiger partial charge in [0.2, 0.25) is 0 Å². The highest BCUT2D eigenvalue weighted by Gasteiger charge is 2.35. The van der Waals surface area contributed by atoms with Crippen molar-refractivity contribution in [3.05, 3.63) is 45.4 Å². The normalized spacial score (nSPS) is 14.2. The van der Waals surface area contributed by atoms with Crippen LogP contribution in [0.25, 0.3) is 0 Å². The summed E-state index contributed by atoms with van der Waals surface area (Å²) in [5.74, 6) is -0.994. The lowest BCUT2D eigenvalue weighted by atomic mass is 10.1. The first kappa shape index (κ1) is 11.4. The molecular weight excluding hydrogens is 272 g/mol. The van der Waals surface area contributed by atoms with E-state index in [1.807, 2.05) is 0 Å². The maximum absolute atomic E-state index is 11.9. The minimum atomic E-state index is -0.513. The zero-order chi connectivity index (χ0) is 12.7. The summed E-state index contributed by atoms with van der Waals surface area (Å²) in [6.45, 7) is 0.350. The van der Waals surface area contributed by atoms with Crippen LogP contribution in [0.5, 0.6) is 0 Å². The number of Topliss-reactive ketones (excluding diaryl/α,β-unsaturated/α-hetero) is 1. The van der Waals surface area contributed by atoms with E-state index >= 15 is 0 Å². The Morgan fingerprint density at radius 1 is 1.33 bits per heavy atom. The molecule has 0 bridgehead atoms.